The molecule has 0 amide bonds. The molecule has 0 aromatic heterocycles. The van der Waals surface area contributed by atoms with Gasteiger partial charge in [0, 0.05) is 10.8 Å². The Kier molecular flexibility index (Phi) is 3.13. The lowest BCUT2D eigenvalue weighted by Crippen LogP contribution is -2.47. The Morgan fingerprint density at radius 3 is 2.00 bits per heavy atom. The van der Waals surface area contributed by atoms with Gasteiger partial charge in [0.1, 0.15) is 11.2 Å². The first-order valence-corrected chi connectivity index (χ1v) is 7.96. The second-order valence-electron chi connectivity index (χ2n) is 7.73. The fourth-order valence-corrected chi connectivity index (χ4v) is 4.41. The van der Waals surface area contributed by atoms with Gasteiger partial charge in [0.05, 0.1) is 0 Å². The molecule has 3 rings (SSSR count). The summed E-state index contributed by atoms with van der Waals surface area (Å²) in [5, 5.41) is 0. The van der Waals surface area contributed by atoms with E-state index in [4.69, 9.17) is 4.74 Å². The molecule has 0 spiro atoms. The number of ketones is 2. The van der Waals surface area contributed by atoms with Gasteiger partial charge < -0.3 is 4.74 Å². The maximum Gasteiger partial charge on any atom is 0.326 e. The van der Waals surface area contributed by atoms with E-state index < -0.39 is 33.8 Å². The van der Waals surface area contributed by atoms with E-state index >= 15 is 0 Å². The van der Waals surface area contributed by atoms with Gasteiger partial charge >= 0.3 is 5.97 Å². The highest BCUT2D eigenvalue weighted by molar-refractivity contribution is 6.48. The Morgan fingerprint density at radius 2 is 1.52 bits per heavy atom. The fraction of sp³-hybridized carbons (Fsp3) is 0.526. The molecule has 2 atom stereocenters. The minimum Gasteiger partial charge on any atom is -0.426 e. The van der Waals surface area contributed by atoms with Crippen molar-refractivity contribution in [1.82, 2.24) is 0 Å². The van der Waals surface area contributed by atoms with E-state index in [1.807, 2.05) is 33.8 Å². The normalized spacial score (nSPS) is 31.5. The number of esters is 1. The van der Waals surface area contributed by atoms with Gasteiger partial charge in [-0.15, -0.1) is 0 Å². The van der Waals surface area contributed by atoms with Crippen LogP contribution in [-0.4, -0.2) is 17.5 Å². The van der Waals surface area contributed by atoms with Crippen LogP contribution in [-0.2, 0) is 14.4 Å². The van der Waals surface area contributed by atoms with Crippen LogP contribution in [0.15, 0.2) is 18.2 Å². The quantitative estimate of drug-likeness (QED) is 0.364. The van der Waals surface area contributed by atoms with E-state index in [1.54, 1.807) is 19.1 Å². The third-order valence-electron chi connectivity index (χ3n) is 6.30. The van der Waals surface area contributed by atoms with Crippen LogP contribution in [0.1, 0.15) is 44.7 Å². The summed E-state index contributed by atoms with van der Waals surface area (Å²) in [4.78, 5) is 38.0. The molecule has 1 aromatic rings. The molecule has 2 saturated carbocycles. The predicted octanol–water partition coefficient (Wildman–Crippen LogP) is 3.17. The molecule has 0 aliphatic heterocycles. The van der Waals surface area contributed by atoms with Gasteiger partial charge in [-0.1, -0.05) is 26.8 Å². The van der Waals surface area contributed by atoms with Gasteiger partial charge in [-0.2, -0.15) is 0 Å². The van der Waals surface area contributed by atoms with Gasteiger partial charge in [-0.05, 0) is 49.9 Å². The number of carbonyl (C=O) groups excluding carboxylic acids is 3. The second kappa shape index (κ2) is 4.53. The SMILES string of the molecule is Cc1cc(C)cc(OC(=O)[C@]23CC[C@](C)(C(=O)C2=O)C3(C)C)c1. The number of fused-ring (bicyclic) bond motifs is 2. The molecule has 2 aliphatic rings. The third-order valence-corrected chi connectivity index (χ3v) is 6.30. The zero-order valence-corrected chi connectivity index (χ0v) is 14.3. The standard InChI is InChI=1S/C19H22O4/c1-11-8-12(2)10-13(9-11)23-16(22)19-7-6-18(5,17(19,3)4)14(20)15(19)21/h8-10H,6-7H2,1-5H3/t18-,19+/m1/s1. The van der Waals surface area contributed by atoms with Crippen molar-refractivity contribution < 1.29 is 19.1 Å². The monoisotopic (exact) mass is 314 g/mol. The molecular formula is C19H22O4. The van der Waals surface area contributed by atoms with Crippen LogP contribution >= 0.6 is 0 Å². The molecule has 2 aliphatic carbocycles. The van der Waals surface area contributed by atoms with E-state index in [1.165, 1.54) is 0 Å². The van der Waals surface area contributed by atoms with E-state index in [9.17, 15) is 14.4 Å². The first-order valence-electron chi connectivity index (χ1n) is 7.96. The van der Waals surface area contributed by atoms with Crippen LogP contribution in [0.3, 0.4) is 0 Å². The van der Waals surface area contributed by atoms with Crippen LogP contribution in [0.5, 0.6) is 5.75 Å². The lowest BCUT2D eigenvalue weighted by molar-refractivity contribution is -0.157. The van der Waals surface area contributed by atoms with Gasteiger partial charge in [0.2, 0.25) is 11.6 Å². The molecule has 122 valence electrons. The molecule has 2 bridgehead atoms. The van der Waals surface area contributed by atoms with Crippen molar-refractivity contribution in [3.05, 3.63) is 29.3 Å². The van der Waals surface area contributed by atoms with Crippen molar-refractivity contribution in [3.8, 4) is 5.75 Å². The number of ether oxygens (including phenoxy) is 1. The van der Waals surface area contributed by atoms with E-state index in [0.29, 0.717) is 18.6 Å². The van der Waals surface area contributed by atoms with Crippen molar-refractivity contribution in [1.29, 1.82) is 0 Å². The van der Waals surface area contributed by atoms with Crippen molar-refractivity contribution in [3.63, 3.8) is 0 Å². The first-order chi connectivity index (χ1) is 10.6. The third kappa shape index (κ3) is 1.75. The Balaban J connectivity index is 2.02. The molecule has 0 radical (unpaired) electrons. The molecule has 4 nitrogen and oxygen atoms in total. The highest BCUT2D eigenvalue weighted by Crippen LogP contribution is 2.69. The van der Waals surface area contributed by atoms with Gasteiger partial charge in [-0.3, -0.25) is 14.4 Å². The molecule has 0 N–H and O–H groups in total. The molecular weight excluding hydrogens is 292 g/mol. The zero-order valence-electron chi connectivity index (χ0n) is 14.3. The number of Topliss-reactive ketones (excluding diaryl/α,β-unsaturated/α-hetero) is 2. The molecule has 2 fully saturated rings. The minimum atomic E-state index is -1.35. The summed E-state index contributed by atoms with van der Waals surface area (Å²) >= 11 is 0. The van der Waals surface area contributed by atoms with Crippen molar-refractivity contribution >= 4 is 17.5 Å². The fourth-order valence-electron chi connectivity index (χ4n) is 4.41. The van der Waals surface area contributed by atoms with Gasteiger partial charge in [0.15, 0.2) is 0 Å². The van der Waals surface area contributed by atoms with Crippen molar-refractivity contribution in [2.24, 2.45) is 16.2 Å². The number of carbonyl (C=O) groups is 3. The summed E-state index contributed by atoms with van der Waals surface area (Å²) in [5.74, 6) is -1.16. The molecule has 0 saturated heterocycles. The Hall–Kier alpha value is -1.97. The molecule has 0 heterocycles. The van der Waals surface area contributed by atoms with E-state index in [-0.39, 0.29) is 0 Å². The van der Waals surface area contributed by atoms with Crippen LogP contribution < -0.4 is 4.74 Å². The van der Waals surface area contributed by atoms with Crippen LogP contribution in [0.4, 0.5) is 0 Å². The van der Waals surface area contributed by atoms with Crippen molar-refractivity contribution in [2.75, 3.05) is 0 Å². The topological polar surface area (TPSA) is 60.4 Å². The Bertz CT molecular complexity index is 725. The summed E-state index contributed by atoms with van der Waals surface area (Å²) in [6, 6.07) is 5.52. The van der Waals surface area contributed by atoms with Gasteiger partial charge in [-0.25, -0.2) is 0 Å². The highest BCUT2D eigenvalue weighted by atomic mass is 16.5. The summed E-state index contributed by atoms with van der Waals surface area (Å²) in [6.07, 6.45) is 0.928. The van der Waals surface area contributed by atoms with Crippen LogP contribution in [0.2, 0.25) is 0 Å². The van der Waals surface area contributed by atoms with Crippen LogP contribution in [0, 0.1) is 30.1 Å². The number of aryl methyl sites for hydroxylation is 2. The summed E-state index contributed by atoms with van der Waals surface area (Å²) in [7, 11) is 0. The van der Waals surface area contributed by atoms with E-state index in [0.717, 1.165) is 11.1 Å². The number of rotatable bonds is 2. The number of hydrogen-bond donors (Lipinski definition) is 0. The number of benzene rings is 1. The summed E-state index contributed by atoms with van der Waals surface area (Å²) < 4.78 is 5.57. The smallest absolute Gasteiger partial charge is 0.326 e. The summed E-state index contributed by atoms with van der Waals surface area (Å²) in [5.41, 5.74) is -0.893. The lowest BCUT2D eigenvalue weighted by atomic mass is 9.65. The lowest BCUT2D eigenvalue weighted by Gasteiger charge is -2.36. The zero-order chi connectivity index (χ0) is 17.2. The van der Waals surface area contributed by atoms with Crippen LogP contribution in [0.25, 0.3) is 0 Å². The highest BCUT2D eigenvalue weighted by Gasteiger charge is 2.78. The maximum atomic E-state index is 12.9. The largest absolute Gasteiger partial charge is 0.426 e. The average Bonchev–Trinajstić information content (AvgIpc) is 2.70. The predicted molar refractivity (Wildman–Crippen MR) is 85.1 cm³/mol. The molecule has 23 heavy (non-hydrogen) atoms. The molecule has 4 heteroatoms. The molecule has 1 aromatic carbocycles. The first kappa shape index (κ1) is 15.9. The maximum absolute atomic E-state index is 12.9. The second-order valence-corrected chi connectivity index (χ2v) is 7.73. The Morgan fingerprint density at radius 1 is 0.957 bits per heavy atom. The Labute approximate surface area is 136 Å². The average molecular weight is 314 g/mol. The van der Waals surface area contributed by atoms with Crippen molar-refractivity contribution in [2.45, 2.75) is 47.5 Å². The number of hydrogen-bond acceptors (Lipinski definition) is 4. The minimum absolute atomic E-state index is 0.380. The van der Waals surface area contributed by atoms with Gasteiger partial charge in [0.25, 0.3) is 0 Å². The van der Waals surface area contributed by atoms with E-state index in [2.05, 4.69) is 0 Å². The molecule has 0 unspecified atom stereocenters. The summed E-state index contributed by atoms with van der Waals surface area (Å²) in [6.45, 7) is 9.32.